The summed E-state index contributed by atoms with van der Waals surface area (Å²) in [5, 5.41) is 0.852. The van der Waals surface area contributed by atoms with Gasteiger partial charge in [0.15, 0.2) is 5.82 Å². The maximum atomic E-state index is 13.5. The Morgan fingerprint density at radius 2 is 2.24 bits per heavy atom. The van der Waals surface area contributed by atoms with Crippen molar-refractivity contribution < 1.29 is 22.3 Å². The minimum absolute atomic E-state index is 0.0542. The Kier molecular flexibility index (Phi) is 4.53. The lowest BCUT2D eigenvalue weighted by molar-refractivity contribution is 0.0528. The Bertz CT molecular complexity index is 758. The smallest absolute Gasteiger partial charge is 0.341 e. The number of thiophene rings is 1. The number of nitrogens with zero attached hydrogens (tertiary/aromatic N) is 1. The number of hydrogen-bond donors (Lipinski definition) is 1. The highest BCUT2D eigenvalue weighted by atomic mass is 32.2. The predicted octanol–water partition coefficient (Wildman–Crippen LogP) is 2.26. The van der Waals surface area contributed by atoms with Gasteiger partial charge >= 0.3 is 5.97 Å². The van der Waals surface area contributed by atoms with Gasteiger partial charge in [-0.25, -0.2) is 14.2 Å². The van der Waals surface area contributed by atoms with Crippen LogP contribution < -0.4 is 4.72 Å². The van der Waals surface area contributed by atoms with Crippen LogP contribution in [0.3, 0.4) is 0 Å². The van der Waals surface area contributed by atoms with Crippen molar-refractivity contribution in [1.29, 1.82) is 0 Å². The summed E-state index contributed by atoms with van der Waals surface area (Å²) in [6.07, 6.45) is 1.17. The summed E-state index contributed by atoms with van der Waals surface area (Å²) >= 11 is 0.990. The van der Waals surface area contributed by atoms with Crippen LogP contribution in [0, 0.1) is 5.82 Å². The van der Waals surface area contributed by atoms with Gasteiger partial charge < -0.3 is 4.74 Å². The Hall–Kier alpha value is -2.00. The Balaban J connectivity index is 2.33. The third kappa shape index (κ3) is 3.37. The quantitative estimate of drug-likeness (QED) is 0.850. The lowest BCUT2D eigenvalue weighted by Gasteiger charge is -2.08. The highest BCUT2D eigenvalue weighted by molar-refractivity contribution is 7.92. The van der Waals surface area contributed by atoms with Crippen molar-refractivity contribution in [2.75, 3.05) is 11.3 Å². The molecule has 2 heterocycles. The molecule has 0 spiro atoms. The molecule has 0 saturated carbocycles. The molecule has 2 rings (SSSR count). The highest BCUT2D eigenvalue weighted by Gasteiger charge is 2.24. The largest absolute Gasteiger partial charge is 0.462 e. The number of halogens is 1. The average Bonchev–Trinajstić information content (AvgIpc) is 2.86. The molecule has 0 unspecified atom stereocenters. The van der Waals surface area contributed by atoms with Crippen LogP contribution in [0.4, 0.5) is 9.39 Å². The molecule has 112 valence electrons. The summed E-state index contributed by atoms with van der Waals surface area (Å²) in [6.45, 7) is 1.80. The number of anilines is 1. The number of carbonyl (C=O) groups excluding carboxylic acids is 1. The molecule has 9 heteroatoms. The van der Waals surface area contributed by atoms with Gasteiger partial charge in [-0.1, -0.05) is 0 Å². The lowest BCUT2D eigenvalue weighted by atomic mass is 10.3. The van der Waals surface area contributed by atoms with Gasteiger partial charge in [-0.3, -0.25) is 4.72 Å². The van der Waals surface area contributed by atoms with E-state index in [9.17, 15) is 17.6 Å². The first-order chi connectivity index (χ1) is 9.95. The summed E-state index contributed by atoms with van der Waals surface area (Å²) in [5.74, 6) is -1.63. The zero-order valence-corrected chi connectivity index (χ0v) is 12.5. The van der Waals surface area contributed by atoms with Gasteiger partial charge in [-0.2, -0.15) is 8.42 Å². The van der Waals surface area contributed by atoms with Crippen LogP contribution in [-0.4, -0.2) is 26.0 Å². The standard InChI is InChI=1S/C12H11FN2O4S2/c1-2-19-12(16)8-5-7-20-10(8)15-21(17,18)11-9(13)4-3-6-14-11/h3-7,15H,2H2,1H3. The highest BCUT2D eigenvalue weighted by Crippen LogP contribution is 2.27. The summed E-state index contributed by atoms with van der Waals surface area (Å²) in [5.41, 5.74) is 0.0711. The molecule has 21 heavy (non-hydrogen) atoms. The SMILES string of the molecule is CCOC(=O)c1ccsc1NS(=O)(=O)c1ncccc1F. The van der Waals surface area contributed by atoms with E-state index in [-0.39, 0.29) is 17.2 Å². The number of esters is 1. The van der Waals surface area contributed by atoms with Gasteiger partial charge in [0.1, 0.15) is 5.00 Å². The van der Waals surface area contributed by atoms with Crippen molar-refractivity contribution in [3.63, 3.8) is 0 Å². The number of hydrogen-bond acceptors (Lipinski definition) is 6. The molecule has 0 fully saturated rings. The van der Waals surface area contributed by atoms with Crippen LogP contribution >= 0.6 is 11.3 Å². The Morgan fingerprint density at radius 3 is 2.90 bits per heavy atom. The second-order valence-electron chi connectivity index (χ2n) is 3.78. The van der Waals surface area contributed by atoms with Gasteiger partial charge in [-0.05, 0) is 30.5 Å². The first-order valence-electron chi connectivity index (χ1n) is 5.83. The topological polar surface area (TPSA) is 85.4 Å². The fourth-order valence-corrected chi connectivity index (χ4v) is 3.61. The molecule has 0 radical (unpaired) electrons. The molecule has 1 N–H and O–H groups in total. The van der Waals surface area contributed by atoms with Crippen LogP contribution in [0.25, 0.3) is 0 Å². The lowest BCUT2D eigenvalue weighted by Crippen LogP contribution is -2.17. The number of carbonyl (C=O) groups is 1. The molecule has 2 aromatic rings. The van der Waals surface area contributed by atoms with E-state index in [0.29, 0.717) is 0 Å². The molecule has 0 aliphatic rings. The number of pyridine rings is 1. The van der Waals surface area contributed by atoms with E-state index in [1.54, 1.807) is 6.92 Å². The number of sulfonamides is 1. The first-order valence-corrected chi connectivity index (χ1v) is 8.20. The van der Waals surface area contributed by atoms with Gasteiger partial charge in [0.05, 0.1) is 12.2 Å². The van der Waals surface area contributed by atoms with E-state index in [4.69, 9.17) is 4.74 Å². The van der Waals surface area contributed by atoms with E-state index in [1.165, 1.54) is 23.7 Å². The second-order valence-corrected chi connectivity index (χ2v) is 6.29. The van der Waals surface area contributed by atoms with Crippen molar-refractivity contribution in [1.82, 2.24) is 4.98 Å². The fourth-order valence-electron chi connectivity index (χ4n) is 1.50. The van der Waals surface area contributed by atoms with Gasteiger partial charge in [0.2, 0.25) is 5.03 Å². The maximum absolute atomic E-state index is 13.5. The first kappa shape index (κ1) is 15.4. The number of rotatable bonds is 5. The number of aromatic nitrogens is 1. The van der Waals surface area contributed by atoms with Crippen molar-refractivity contribution in [3.8, 4) is 0 Å². The van der Waals surface area contributed by atoms with E-state index in [2.05, 4.69) is 9.71 Å². The van der Waals surface area contributed by atoms with Crippen LogP contribution in [0.2, 0.25) is 0 Å². The minimum Gasteiger partial charge on any atom is -0.462 e. The molecule has 0 bridgehead atoms. The van der Waals surface area contributed by atoms with E-state index in [0.717, 1.165) is 17.4 Å². The predicted molar refractivity (Wildman–Crippen MR) is 75.3 cm³/mol. The van der Waals surface area contributed by atoms with Crippen molar-refractivity contribution in [2.45, 2.75) is 11.9 Å². The third-order valence-corrected chi connectivity index (χ3v) is 4.61. The van der Waals surface area contributed by atoms with Gasteiger partial charge in [-0.15, -0.1) is 11.3 Å². The molecule has 2 aromatic heterocycles. The fraction of sp³-hybridized carbons (Fsp3) is 0.167. The summed E-state index contributed by atoms with van der Waals surface area (Å²) in [6, 6.07) is 3.70. The molecule has 0 aliphatic heterocycles. The molecular formula is C12H11FN2O4S2. The molecule has 0 amide bonds. The monoisotopic (exact) mass is 330 g/mol. The molecule has 6 nitrogen and oxygen atoms in total. The number of ether oxygens (including phenoxy) is 1. The Morgan fingerprint density at radius 1 is 1.48 bits per heavy atom. The molecule has 0 saturated heterocycles. The second kappa shape index (κ2) is 6.19. The molecular weight excluding hydrogens is 319 g/mol. The van der Waals surface area contributed by atoms with E-state index < -0.39 is 26.8 Å². The van der Waals surface area contributed by atoms with E-state index in [1.807, 2.05) is 0 Å². The summed E-state index contributed by atoms with van der Waals surface area (Å²) < 4.78 is 44.7. The minimum atomic E-state index is -4.22. The normalized spacial score (nSPS) is 11.1. The Labute approximate surface area is 124 Å². The van der Waals surface area contributed by atoms with Crippen LogP contribution in [-0.2, 0) is 14.8 Å². The average molecular weight is 330 g/mol. The zero-order chi connectivity index (χ0) is 15.5. The van der Waals surface area contributed by atoms with Crippen molar-refractivity contribution in [3.05, 3.63) is 41.2 Å². The van der Waals surface area contributed by atoms with Crippen LogP contribution in [0.5, 0.6) is 0 Å². The molecule has 0 aliphatic carbocycles. The number of nitrogens with one attached hydrogen (secondary N) is 1. The zero-order valence-electron chi connectivity index (χ0n) is 10.9. The molecule has 0 atom stereocenters. The van der Waals surface area contributed by atoms with Crippen molar-refractivity contribution >= 4 is 32.3 Å². The van der Waals surface area contributed by atoms with Crippen LogP contribution in [0.15, 0.2) is 34.8 Å². The van der Waals surface area contributed by atoms with E-state index >= 15 is 0 Å². The van der Waals surface area contributed by atoms with Crippen LogP contribution in [0.1, 0.15) is 17.3 Å². The molecule has 0 aromatic carbocycles. The van der Waals surface area contributed by atoms with Crippen molar-refractivity contribution in [2.24, 2.45) is 0 Å². The van der Waals surface area contributed by atoms with Gasteiger partial charge in [0, 0.05) is 6.20 Å². The van der Waals surface area contributed by atoms with Gasteiger partial charge in [0.25, 0.3) is 10.0 Å². The summed E-state index contributed by atoms with van der Waals surface area (Å²) in [7, 11) is -4.22. The third-order valence-electron chi connectivity index (χ3n) is 2.37. The summed E-state index contributed by atoms with van der Waals surface area (Å²) in [4.78, 5) is 15.2. The maximum Gasteiger partial charge on any atom is 0.341 e.